The molecule has 6 nitrogen and oxygen atoms in total. The van der Waals surface area contributed by atoms with Crippen molar-refractivity contribution in [1.29, 1.82) is 0 Å². The molecule has 5 aromatic heterocycles. The van der Waals surface area contributed by atoms with Gasteiger partial charge in [-0.1, -0.05) is 158 Å². The molecule has 70 heavy (non-hydrogen) atoms. The lowest BCUT2D eigenvalue weighted by Gasteiger charge is -2.14. The third kappa shape index (κ3) is 5.76. The van der Waals surface area contributed by atoms with Gasteiger partial charge in [0, 0.05) is 74.9 Å². The lowest BCUT2D eigenvalue weighted by molar-refractivity contribution is 0.669. The summed E-state index contributed by atoms with van der Waals surface area (Å²) in [5.41, 5.74) is 13.3. The molecule has 0 amide bonds. The quantitative estimate of drug-likeness (QED) is 0.167. The van der Waals surface area contributed by atoms with Crippen LogP contribution in [0.5, 0.6) is 0 Å². The second kappa shape index (κ2) is 15.2. The van der Waals surface area contributed by atoms with E-state index in [2.05, 4.69) is 221 Å². The number of nitrogens with zero attached hydrogens (tertiary/aromatic N) is 5. The van der Waals surface area contributed by atoms with Crippen molar-refractivity contribution < 1.29 is 4.42 Å². The molecule has 0 atom stereocenters. The number of para-hydroxylation sites is 5. The maximum atomic E-state index is 6.46. The van der Waals surface area contributed by atoms with Crippen molar-refractivity contribution in [2.75, 3.05) is 0 Å². The van der Waals surface area contributed by atoms with Crippen LogP contribution in [0.4, 0.5) is 0 Å². The molecule has 0 aliphatic rings. The molecule has 15 aromatic rings. The Morgan fingerprint density at radius 3 is 1.69 bits per heavy atom. The van der Waals surface area contributed by atoms with Gasteiger partial charge in [-0.2, -0.15) is 0 Å². The number of thiophene rings is 1. The molecule has 0 bridgehead atoms. The van der Waals surface area contributed by atoms with Crippen molar-refractivity contribution in [2.45, 2.75) is 0 Å². The summed E-state index contributed by atoms with van der Waals surface area (Å²) in [6, 6.07) is 79.6. The lowest BCUT2D eigenvalue weighted by Crippen LogP contribution is -2.01. The number of furan rings is 1. The van der Waals surface area contributed by atoms with Crippen molar-refractivity contribution in [3.63, 3.8) is 0 Å². The summed E-state index contributed by atoms with van der Waals surface area (Å²) in [5, 5.41) is 9.04. The number of fused-ring (bicyclic) bond motifs is 12. The van der Waals surface area contributed by atoms with E-state index in [0.717, 1.165) is 88.2 Å². The molecular formula is C63H37N5OS. The van der Waals surface area contributed by atoms with Crippen LogP contribution in [-0.2, 0) is 0 Å². The van der Waals surface area contributed by atoms with Crippen LogP contribution in [0.3, 0.4) is 0 Å². The molecule has 0 fully saturated rings. The van der Waals surface area contributed by atoms with Gasteiger partial charge in [-0.3, -0.25) is 0 Å². The van der Waals surface area contributed by atoms with Gasteiger partial charge in [0.1, 0.15) is 11.2 Å². The van der Waals surface area contributed by atoms with E-state index >= 15 is 0 Å². The van der Waals surface area contributed by atoms with Crippen LogP contribution < -0.4 is 0 Å². The molecule has 0 saturated carbocycles. The molecule has 0 spiro atoms. The zero-order valence-corrected chi connectivity index (χ0v) is 38.2. The van der Waals surface area contributed by atoms with E-state index in [1.165, 1.54) is 36.7 Å². The van der Waals surface area contributed by atoms with Gasteiger partial charge >= 0.3 is 0 Å². The maximum absolute atomic E-state index is 6.46. The monoisotopic (exact) mass is 911 g/mol. The zero-order valence-electron chi connectivity index (χ0n) is 37.4. The average Bonchev–Trinajstić information content (AvgIpc) is 4.19. The minimum atomic E-state index is 0.570. The van der Waals surface area contributed by atoms with Crippen molar-refractivity contribution in [2.24, 2.45) is 0 Å². The number of rotatable bonds is 6. The van der Waals surface area contributed by atoms with Crippen LogP contribution in [0, 0.1) is 0 Å². The topological polar surface area (TPSA) is 61.7 Å². The first kappa shape index (κ1) is 38.9. The Morgan fingerprint density at radius 2 is 0.900 bits per heavy atom. The molecule has 0 unspecified atom stereocenters. The summed E-state index contributed by atoms with van der Waals surface area (Å²) < 4.78 is 13.7. The summed E-state index contributed by atoms with van der Waals surface area (Å²) >= 11 is 1.80. The van der Waals surface area contributed by atoms with E-state index < -0.39 is 0 Å². The molecule has 0 aliphatic heterocycles. The van der Waals surface area contributed by atoms with Gasteiger partial charge in [-0.05, 0) is 77.9 Å². The highest BCUT2D eigenvalue weighted by molar-refractivity contribution is 7.26. The minimum Gasteiger partial charge on any atom is -0.456 e. The highest BCUT2D eigenvalue weighted by atomic mass is 32.1. The fourth-order valence-electron chi connectivity index (χ4n) is 11.0. The first-order valence-electron chi connectivity index (χ1n) is 23.5. The van der Waals surface area contributed by atoms with Crippen LogP contribution in [-0.4, -0.2) is 24.1 Å². The highest BCUT2D eigenvalue weighted by Crippen LogP contribution is 2.46. The Balaban J connectivity index is 1.02. The number of hydrogen-bond acceptors (Lipinski definition) is 5. The van der Waals surface area contributed by atoms with Gasteiger partial charge in [0.15, 0.2) is 17.5 Å². The van der Waals surface area contributed by atoms with E-state index in [9.17, 15) is 0 Å². The van der Waals surface area contributed by atoms with Gasteiger partial charge in [0.2, 0.25) is 0 Å². The van der Waals surface area contributed by atoms with Gasteiger partial charge in [-0.15, -0.1) is 11.3 Å². The van der Waals surface area contributed by atoms with Crippen molar-refractivity contribution in [1.82, 2.24) is 24.1 Å². The summed E-state index contributed by atoms with van der Waals surface area (Å²) in [7, 11) is 0. The summed E-state index contributed by atoms with van der Waals surface area (Å²) in [5.74, 6) is 1.77. The molecule has 0 aliphatic carbocycles. The molecule has 0 N–H and O–H groups in total. The molecule has 10 aromatic carbocycles. The fourth-order valence-corrected chi connectivity index (χ4v) is 12.2. The normalized spacial score (nSPS) is 12.0. The van der Waals surface area contributed by atoms with Crippen LogP contribution in [0.25, 0.3) is 142 Å². The van der Waals surface area contributed by atoms with Crippen LogP contribution in [0.1, 0.15) is 0 Å². The standard InChI is InChI=1S/C63H37N5OS/c1-3-17-38(18-4-1)41-24-15-33-55-58(41)59-48(27-16-34-56(59)70-55)63-65-61(39-35-36-44-43-22-9-12-32-53(43)69-54(44)37-39)64-62(66-63)47-26-14-30-51-57(47)46-23-8-11-29-50(46)68(51)52-31-13-25-45-42-21-7-10-28-49(42)67(60(45)52)40-19-5-2-6-20-40/h1-37H. The van der Waals surface area contributed by atoms with Crippen molar-refractivity contribution in [3.8, 4) is 56.7 Å². The number of hydrogen-bond donors (Lipinski definition) is 0. The Morgan fingerprint density at radius 1 is 0.343 bits per heavy atom. The van der Waals surface area contributed by atoms with Gasteiger partial charge in [0.25, 0.3) is 0 Å². The Labute approximate surface area is 404 Å². The van der Waals surface area contributed by atoms with Crippen LogP contribution in [0.2, 0.25) is 0 Å². The predicted octanol–water partition coefficient (Wildman–Crippen LogP) is 17.0. The third-order valence-electron chi connectivity index (χ3n) is 14.0. The number of benzene rings is 10. The Hall–Kier alpha value is -9.17. The first-order valence-corrected chi connectivity index (χ1v) is 24.3. The van der Waals surface area contributed by atoms with Crippen LogP contribution in [0.15, 0.2) is 229 Å². The van der Waals surface area contributed by atoms with E-state index in [4.69, 9.17) is 19.4 Å². The highest BCUT2D eigenvalue weighted by Gasteiger charge is 2.24. The molecule has 0 saturated heterocycles. The molecule has 5 heterocycles. The average molecular weight is 912 g/mol. The minimum absolute atomic E-state index is 0.570. The molecule has 326 valence electrons. The second-order valence-electron chi connectivity index (χ2n) is 17.9. The smallest absolute Gasteiger partial charge is 0.164 e. The zero-order chi connectivity index (χ0) is 45.9. The Kier molecular flexibility index (Phi) is 8.43. The van der Waals surface area contributed by atoms with Crippen molar-refractivity contribution in [3.05, 3.63) is 224 Å². The Bertz CT molecular complexity index is 4600. The SMILES string of the molecule is c1ccc(-c2cccc3sc4cccc(-c5nc(-c6ccc7c(c6)oc6ccccc67)nc(-c6cccc7c6c6ccccc6n7-c6cccc7c8ccccc8n(-c8ccccc8)c67)n5)c4c23)cc1. The number of aromatic nitrogens is 5. The van der Waals surface area contributed by atoms with E-state index in [0.29, 0.717) is 17.5 Å². The van der Waals surface area contributed by atoms with E-state index in [1.54, 1.807) is 11.3 Å². The second-order valence-corrected chi connectivity index (χ2v) is 18.9. The predicted molar refractivity (Wildman–Crippen MR) is 290 cm³/mol. The fraction of sp³-hybridized carbons (Fsp3) is 0. The van der Waals surface area contributed by atoms with Gasteiger partial charge in [-0.25, -0.2) is 15.0 Å². The van der Waals surface area contributed by atoms with E-state index in [-0.39, 0.29) is 0 Å². The third-order valence-corrected chi connectivity index (χ3v) is 15.1. The van der Waals surface area contributed by atoms with E-state index in [1.807, 2.05) is 12.1 Å². The van der Waals surface area contributed by atoms with Gasteiger partial charge in [0.05, 0.1) is 27.8 Å². The summed E-state index contributed by atoms with van der Waals surface area (Å²) in [4.78, 5) is 16.4. The summed E-state index contributed by atoms with van der Waals surface area (Å²) in [6.45, 7) is 0. The van der Waals surface area contributed by atoms with Gasteiger partial charge < -0.3 is 13.6 Å². The summed E-state index contributed by atoms with van der Waals surface area (Å²) in [6.07, 6.45) is 0. The molecule has 0 radical (unpaired) electrons. The maximum Gasteiger partial charge on any atom is 0.164 e. The first-order chi connectivity index (χ1) is 34.7. The largest absolute Gasteiger partial charge is 0.456 e. The molecule has 7 heteroatoms. The lowest BCUT2D eigenvalue weighted by atomic mass is 9.97. The van der Waals surface area contributed by atoms with Crippen molar-refractivity contribution >= 4 is 97.1 Å². The van der Waals surface area contributed by atoms with Crippen LogP contribution >= 0.6 is 11.3 Å². The molecular weight excluding hydrogens is 875 g/mol. The molecule has 15 rings (SSSR count).